The normalized spacial score (nSPS) is 13.0. The first-order chi connectivity index (χ1) is 6.74. The number of fused-ring (bicyclic) bond motifs is 1. The van der Waals surface area contributed by atoms with Gasteiger partial charge in [-0.25, -0.2) is 0 Å². The predicted molar refractivity (Wildman–Crippen MR) is 57.1 cm³/mol. The summed E-state index contributed by atoms with van der Waals surface area (Å²) in [5.74, 6) is 0. The molecule has 2 aromatic rings. The largest absolute Gasteiger partial charge is 0.350 e. The van der Waals surface area contributed by atoms with Crippen LogP contribution in [0.2, 0.25) is 0 Å². The predicted octanol–water partition coefficient (Wildman–Crippen LogP) is 3.01. The molecule has 72 valence electrons. The minimum absolute atomic E-state index is 0.277. The summed E-state index contributed by atoms with van der Waals surface area (Å²) in [6.07, 6.45) is 1.97. The van der Waals surface area contributed by atoms with Crippen molar-refractivity contribution in [3.05, 3.63) is 40.9 Å². The summed E-state index contributed by atoms with van der Waals surface area (Å²) in [4.78, 5) is 10.5. The van der Waals surface area contributed by atoms with E-state index in [1.165, 1.54) is 0 Å². The van der Waals surface area contributed by atoms with Crippen molar-refractivity contribution in [2.45, 2.75) is 13.0 Å². The van der Waals surface area contributed by atoms with Gasteiger partial charge in [0.15, 0.2) is 0 Å². The topological polar surface area (TPSA) is 34.4 Å². The lowest BCUT2D eigenvalue weighted by Gasteiger charge is -1.98. The van der Waals surface area contributed by atoms with Crippen LogP contribution in [0, 0.1) is 4.91 Å². The maximum Gasteiger partial charge on any atom is 0.116 e. The lowest BCUT2D eigenvalue weighted by Crippen LogP contribution is -1.86. The summed E-state index contributed by atoms with van der Waals surface area (Å²) in [7, 11) is 1.98. The van der Waals surface area contributed by atoms with E-state index < -0.39 is 0 Å². The van der Waals surface area contributed by atoms with Crippen LogP contribution in [0.4, 0.5) is 0 Å². The fourth-order valence-corrected chi connectivity index (χ4v) is 1.76. The molecule has 0 bridgehead atoms. The maximum atomic E-state index is 10.5. The highest BCUT2D eigenvalue weighted by molar-refractivity contribution is 5.84. The van der Waals surface area contributed by atoms with Gasteiger partial charge in [0.1, 0.15) is 6.04 Å². The van der Waals surface area contributed by atoms with Crippen molar-refractivity contribution >= 4 is 10.9 Å². The number of hydrogen-bond donors (Lipinski definition) is 0. The molecular weight excluding hydrogens is 176 g/mol. The smallest absolute Gasteiger partial charge is 0.116 e. The van der Waals surface area contributed by atoms with Crippen molar-refractivity contribution in [3.63, 3.8) is 0 Å². The zero-order valence-corrected chi connectivity index (χ0v) is 8.27. The van der Waals surface area contributed by atoms with Crippen LogP contribution in [0.5, 0.6) is 0 Å². The van der Waals surface area contributed by atoms with Crippen LogP contribution in [0.15, 0.2) is 35.6 Å². The van der Waals surface area contributed by atoms with Gasteiger partial charge >= 0.3 is 0 Å². The molecule has 3 heteroatoms. The summed E-state index contributed by atoms with van der Waals surface area (Å²) in [5, 5.41) is 4.17. The highest BCUT2D eigenvalue weighted by Gasteiger charge is 2.12. The summed E-state index contributed by atoms with van der Waals surface area (Å²) in [6.45, 7) is 1.81. The lowest BCUT2D eigenvalue weighted by atomic mass is 10.1. The Kier molecular flexibility index (Phi) is 2.08. The number of rotatable bonds is 2. The van der Waals surface area contributed by atoms with Gasteiger partial charge in [0, 0.05) is 29.7 Å². The molecule has 1 unspecified atom stereocenters. The van der Waals surface area contributed by atoms with E-state index in [2.05, 4.69) is 5.18 Å². The first kappa shape index (κ1) is 8.94. The van der Waals surface area contributed by atoms with Crippen molar-refractivity contribution in [2.24, 2.45) is 12.2 Å². The molecule has 3 nitrogen and oxygen atoms in total. The number of benzene rings is 1. The van der Waals surface area contributed by atoms with Crippen LogP contribution in [0.1, 0.15) is 18.5 Å². The summed E-state index contributed by atoms with van der Waals surface area (Å²) in [5.41, 5.74) is 2.14. The Morgan fingerprint density at radius 1 is 1.36 bits per heavy atom. The third kappa shape index (κ3) is 1.21. The number of nitrogens with zero attached hydrogens (tertiary/aromatic N) is 2. The van der Waals surface area contributed by atoms with Crippen LogP contribution < -0.4 is 0 Å². The first-order valence-electron chi connectivity index (χ1n) is 4.60. The first-order valence-corrected chi connectivity index (χ1v) is 4.60. The number of aromatic nitrogens is 1. The molecule has 0 aliphatic carbocycles. The molecule has 1 aromatic carbocycles. The minimum Gasteiger partial charge on any atom is -0.350 e. The van der Waals surface area contributed by atoms with E-state index in [4.69, 9.17) is 0 Å². The average Bonchev–Trinajstić information content (AvgIpc) is 2.56. The third-order valence-corrected chi connectivity index (χ3v) is 2.54. The van der Waals surface area contributed by atoms with Crippen LogP contribution in [0.25, 0.3) is 10.9 Å². The van der Waals surface area contributed by atoms with Gasteiger partial charge in [-0.2, -0.15) is 4.91 Å². The lowest BCUT2D eigenvalue weighted by molar-refractivity contribution is 0.809. The third-order valence-electron chi connectivity index (χ3n) is 2.54. The molecule has 1 aromatic heterocycles. The molecule has 0 radical (unpaired) electrons. The van der Waals surface area contributed by atoms with Gasteiger partial charge in [-0.3, -0.25) is 0 Å². The van der Waals surface area contributed by atoms with Gasteiger partial charge in [-0.1, -0.05) is 23.4 Å². The second kappa shape index (κ2) is 3.25. The summed E-state index contributed by atoms with van der Waals surface area (Å²) < 4.78 is 2.02. The standard InChI is InChI=1S/C11H12N2O/c1-8(12-14)10-7-13(2)11-6-4-3-5-9(10)11/h3-8H,1-2H3. The van der Waals surface area contributed by atoms with Crippen molar-refractivity contribution in [1.82, 2.24) is 4.57 Å². The highest BCUT2D eigenvalue weighted by atomic mass is 16.3. The van der Waals surface area contributed by atoms with Gasteiger partial charge in [0.05, 0.1) is 0 Å². The van der Waals surface area contributed by atoms with E-state index in [1.54, 1.807) is 0 Å². The van der Waals surface area contributed by atoms with E-state index in [0.29, 0.717) is 0 Å². The van der Waals surface area contributed by atoms with Crippen molar-refractivity contribution in [1.29, 1.82) is 0 Å². The van der Waals surface area contributed by atoms with Gasteiger partial charge in [-0.15, -0.1) is 0 Å². The van der Waals surface area contributed by atoms with Crippen LogP contribution >= 0.6 is 0 Å². The van der Waals surface area contributed by atoms with Gasteiger partial charge in [0.2, 0.25) is 0 Å². The number of nitroso groups, excluding NO2 is 1. The molecule has 0 aliphatic heterocycles. The van der Waals surface area contributed by atoms with Crippen molar-refractivity contribution in [3.8, 4) is 0 Å². The van der Waals surface area contributed by atoms with E-state index >= 15 is 0 Å². The molecule has 0 amide bonds. The molecule has 0 saturated carbocycles. The van der Waals surface area contributed by atoms with E-state index in [0.717, 1.165) is 16.5 Å². The molecule has 1 heterocycles. The molecular formula is C11H12N2O. The second-order valence-electron chi connectivity index (χ2n) is 3.49. The molecule has 1 atom stereocenters. The molecule has 14 heavy (non-hydrogen) atoms. The van der Waals surface area contributed by atoms with Crippen molar-refractivity contribution < 1.29 is 0 Å². The molecule has 0 aliphatic rings. The average molecular weight is 188 g/mol. The molecule has 0 saturated heterocycles. The Hall–Kier alpha value is -1.64. The molecule has 2 rings (SSSR count). The Balaban J connectivity index is 2.72. The van der Waals surface area contributed by atoms with Crippen LogP contribution in [-0.4, -0.2) is 4.57 Å². The van der Waals surface area contributed by atoms with Gasteiger partial charge in [-0.05, 0) is 13.0 Å². The molecule has 0 fully saturated rings. The molecule has 0 spiro atoms. The van der Waals surface area contributed by atoms with E-state index in [9.17, 15) is 4.91 Å². The SMILES string of the molecule is CC(N=O)c1cn(C)c2ccccc12. The fourth-order valence-electron chi connectivity index (χ4n) is 1.76. The van der Waals surface area contributed by atoms with Gasteiger partial charge in [0.25, 0.3) is 0 Å². The number of hydrogen-bond acceptors (Lipinski definition) is 2. The quantitative estimate of drug-likeness (QED) is 0.667. The zero-order valence-electron chi connectivity index (χ0n) is 8.27. The second-order valence-corrected chi connectivity index (χ2v) is 3.49. The highest BCUT2D eigenvalue weighted by Crippen LogP contribution is 2.27. The molecule has 0 N–H and O–H groups in total. The fraction of sp³-hybridized carbons (Fsp3) is 0.273. The Morgan fingerprint density at radius 3 is 2.79 bits per heavy atom. The summed E-state index contributed by atoms with van der Waals surface area (Å²) in [6, 6.07) is 7.75. The zero-order chi connectivity index (χ0) is 10.1. The maximum absolute atomic E-state index is 10.5. The summed E-state index contributed by atoms with van der Waals surface area (Å²) >= 11 is 0. The van der Waals surface area contributed by atoms with Crippen LogP contribution in [-0.2, 0) is 7.05 Å². The Labute approximate surface area is 82.3 Å². The van der Waals surface area contributed by atoms with Crippen molar-refractivity contribution in [2.75, 3.05) is 0 Å². The Morgan fingerprint density at radius 2 is 2.07 bits per heavy atom. The van der Waals surface area contributed by atoms with Gasteiger partial charge < -0.3 is 4.57 Å². The monoisotopic (exact) mass is 188 g/mol. The van der Waals surface area contributed by atoms with Crippen LogP contribution in [0.3, 0.4) is 0 Å². The van der Waals surface area contributed by atoms with E-state index in [1.807, 2.05) is 49.0 Å². The minimum atomic E-state index is -0.277. The number of aryl methyl sites for hydroxylation is 1. The Bertz CT molecular complexity index is 473. The van der Waals surface area contributed by atoms with E-state index in [-0.39, 0.29) is 6.04 Å². The number of para-hydroxylation sites is 1.